The van der Waals surface area contributed by atoms with Crippen LogP contribution in [-0.2, 0) is 71.1 Å². The zero-order valence-corrected chi connectivity index (χ0v) is 43.6. The maximum atomic E-state index is 11.9. The summed E-state index contributed by atoms with van der Waals surface area (Å²) in [5, 5.41) is 148. The molecule has 0 amide bonds. The van der Waals surface area contributed by atoms with Gasteiger partial charge in [0.05, 0.1) is 18.8 Å². The van der Waals surface area contributed by atoms with Crippen molar-refractivity contribution in [1.82, 2.24) is 0 Å². The molecule has 0 aromatic carbocycles. The molecule has 17 aliphatic rings. The van der Waals surface area contributed by atoms with Crippen molar-refractivity contribution in [1.29, 1.82) is 0 Å². The van der Waals surface area contributed by atoms with E-state index in [1.54, 1.807) is 0 Å². The van der Waals surface area contributed by atoms with Crippen molar-refractivity contribution in [2.75, 3.05) is 52.4 Å². The second-order valence-corrected chi connectivity index (χ2v) is 20.3. The fraction of sp³-hybridized carbons (Fsp3) is 0.956. The predicted molar refractivity (Wildman–Crippen MR) is 258 cm³/mol. The van der Waals surface area contributed by atoms with E-state index < -0.39 is 248 Å². The molecule has 33 atom stereocenters. The Morgan fingerprint density at radius 1 is 0.350 bits per heavy atom. The average Bonchev–Trinajstić information content (AvgIpc) is 3.54. The maximum absolute atomic E-state index is 11.9. The van der Waals surface area contributed by atoms with Crippen molar-refractivity contribution in [3.63, 3.8) is 0 Å². The highest BCUT2D eigenvalue weighted by Crippen LogP contribution is 2.38. The summed E-state index contributed by atoms with van der Waals surface area (Å²) in [6.07, 6.45) is -58.1. The normalized spacial score (nSPS) is 51.4. The van der Waals surface area contributed by atoms with Gasteiger partial charge in [0.15, 0.2) is 37.7 Å². The molecule has 35 heteroatoms. The van der Waals surface area contributed by atoms with Crippen LogP contribution in [0.5, 0.6) is 0 Å². The zero-order chi connectivity index (χ0) is 58.6. The van der Waals surface area contributed by atoms with E-state index in [9.17, 15) is 66.4 Å². The van der Waals surface area contributed by atoms with Crippen molar-refractivity contribution >= 4 is 0 Å². The third-order valence-corrected chi connectivity index (χ3v) is 15.0. The Hall–Kier alpha value is -1.66. The third kappa shape index (κ3) is 13.9. The lowest BCUT2D eigenvalue weighted by molar-refractivity contribution is -0.392. The second-order valence-electron chi connectivity index (χ2n) is 20.3. The summed E-state index contributed by atoms with van der Waals surface area (Å²) in [4.78, 5) is 0. The minimum atomic E-state index is -2.48. The van der Waals surface area contributed by atoms with Gasteiger partial charge in [0.2, 0.25) is 12.6 Å². The summed E-state index contributed by atoms with van der Waals surface area (Å²) >= 11 is 0. The molecule has 17 saturated heterocycles. The Labute approximate surface area is 457 Å². The van der Waals surface area contributed by atoms with E-state index in [2.05, 4.69) is 6.58 Å². The standard InChI is InChI=1S/C45H83N7O28/c1-3-4-66-37-30(63)36-19(11-52)74-44(37)67-12(2)13(5-46)68-45(38(64)65)80-35-18(10-51)73-42(29(62)24(35)57)78-33-16(8-49)71-40(27(60)22(33)55)76-31-14(6-47)69-39(25(58)20(31)53)75-32-15(7-48)70-41(26(59)21(32)54)77-34-17(9-50)72-43(79-36)28(61)23(34)56/h3,12-45,53-65H,1,4-11,46-52H2,2H3. The van der Waals surface area contributed by atoms with Gasteiger partial charge in [-0.05, 0) is 6.92 Å². The van der Waals surface area contributed by atoms with Crippen molar-refractivity contribution in [3.05, 3.63) is 12.7 Å². The minimum Gasteiger partial charge on any atom is -0.387 e. The first kappa shape index (κ1) is 65.9. The molecule has 0 aromatic rings. The molecule has 80 heavy (non-hydrogen) atoms. The van der Waals surface area contributed by atoms with Gasteiger partial charge in [0, 0.05) is 45.8 Å². The van der Waals surface area contributed by atoms with Gasteiger partial charge in [-0.3, -0.25) is 0 Å². The van der Waals surface area contributed by atoms with Gasteiger partial charge in [-0.25, -0.2) is 0 Å². The molecule has 0 aromatic heterocycles. The number of nitrogens with two attached hydrogens (primary N) is 7. The summed E-state index contributed by atoms with van der Waals surface area (Å²) in [6, 6.07) is 0. The van der Waals surface area contributed by atoms with Crippen LogP contribution in [0.1, 0.15) is 6.92 Å². The molecule has 0 radical (unpaired) electrons. The Bertz CT molecular complexity index is 1880. The van der Waals surface area contributed by atoms with Crippen LogP contribution in [0.3, 0.4) is 0 Å². The van der Waals surface area contributed by atoms with Crippen molar-refractivity contribution in [3.8, 4) is 0 Å². The predicted octanol–water partition coefficient (Wildman–Crippen LogP) is -13.7. The Morgan fingerprint density at radius 2 is 0.613 bits per heavy atom. The molecular weight excluding hydrogens is 1090 g/mol. The number of hydrogen-bond acceptors (Lipinski definition) is 35. The molecule has 27 N–H and O–H groups in total. The van der Waals surface area contributed by atoms with E-state index in [0.717, 1.165) is 0 Å². The van der Waals surface area contributed by atoms with Crippen molar-refractivity contribution in [2.45, 2.75) is 216 Å². The highest BCUT2D eigenvalue weighted by atomic mass is 16.8. The molecule has 33 unspecified atom stereocenters. The number of aliphatic hydroxyl groups is 13. The van der Waals surface area contributed by atoms with Crippen LogP contribution in [0.4, 0.5) is 0 Å². The third-order valence-electron chi connectivity index (χ3n) is 15.0. The van der Waals surface area contributed by atoms with Crippen LogP contribution in [0, 0.1) is 0 Å². The Balaban J connectivity index is 1.19. The van der Waals surface area contributed by atoms with Crippen LogP contribution in [-0.4, -0.2) is 328 Å². The molecule has 0 saturated carbocycles. The molecule has 0 aliphatic carbocycles. The van der Waals surface area contributed by atoms with Crippen LogP contribution in [0.2, 0.25) is 0 Å². The lowest BCUT2D eigenvalue weighted by atomic mass is 9.94. The van der Waals surface area contributed by atoms with Gasteiger partial charge >= 0.3 is 0 Å². The van der Waals surface area contributed by atoms with E-state index in [-0.39, 0.29) is 13.2 Å². The highest BCUT2D eigenvalue weighted by Gasteiger charge is 2.58. The number of rotatable bonds is 11. The monoisotopic (exact) mass is 1170 g/mol. The van der Waals surface area contributed by atoms with Crippen molar-refractivity contribution in [2.24, 2.45) is 40.1 Å². The first-order chi connectivity index (χ1) is 38.1. The van der Waals surface area contributed by atoms with Crippen molar-refractivity contribution < 1.29 is 137 Å². The number of fused-ring (bicyclic) bond motifs is 1. The second kappa shape index (κ2) is 29.2. The average molecular weight is 1170 g/mol. The topological polar surface area (TPSA) is 584 Å². The minimum absolute atomic E-state index is 0.208. The summed E-state index contributed by atoms with van der Waals surface area (Å²) in [5.41, 5.74) is 42.4. The number of aliphatic hydroxyl groups excluding tert-OH is 12. The molecule has 35 nitrogen and oxygen atoms in total. The summed E-state index contributed by atoms with van der Waals surface area (Å²) < 4.78 is 89.3. The SMILES string of the molecule is C=CCOC1C2OC(C)C(CN)OC(C(O)O)OC3C(CN)OC(OC4C(CN)OC(OC5C(CN)OC(OC6C(CN)OC(OC7C(CN)OC(OC(C(CN)O2)C1O)C(O)C7O)C(O)C6O)C(O)C5O)C(O)C4O)C(O)C3O. The van der Waals surface area contributed by atoms with E-state index in [1.165, 1.54) is 13.0 Å². The van der Waals surface area contributed by atoms with Gasteiger partial charge in [-0.2, -0.15) is 0 Å². The quantitative estimate of drug-likeness (QED) is 0.0675. The van der Waals surface area contributed by atoms with Crippen LogP contribution in [0.25, 0.3) is 0 Å². The highest BCUT2D eigenvalue weighted by molar-refractivity contribution is 5.01. The molecule has 12 bridgehead atoms. The van der Waals surface area contributed by atoms with E-state index in [0.29, 0.717) is 0 Å². The van der Waals surface area contributed by atoms with Gasteiger partial charge in [-0.15, -0.1) is 6.58 Å². The van der Waals surface area contributed by atoms with Crippen LogP contribution < -0.4 is 40.1 Å². The smallest absolute Gasteiger partial charge is 0.209 e. The lowest BCUT2D eigenvalue weighted by Gasteiger charge is -2.50. The molecule has 0 spiro atoms. The summed E-state index contributed by atoms with van der Waals surface area (Å²) in [6.45, 7) is 1.72. The van der Waals surface area contributed by atoms with Crippen LogP contribution >= 0.6 is 0 Å². The lowest BCUT2D eigenvalue weighted by Crippen LogP contribution is -2.69. The van der Waals surface area contributed by atoms with Gasteiger partial charge < -0.3 is 178 Å². The van der Waals surface area contributed by atoms with Gasteiger partial charge in [0.25, 0.3) is 0 Å². The van der Waals surface area contributed by atoms with Gasteiger partial charge in [-0.1, -0.05) is 6.08 Å². The number of ether oxygens (including phenoxy) is 15. The van der Waals surface area contributed by atoms with E-state index in [1.807, 2.05) is 0 Å². The zero-order valence-electron chi connectivity index (χ0n) is 43.6. The fourth-order valence-corrected chi connectivity index (χ4v) is 10.5. The number of hydrogen-bond donors (Lipinski definition) is 20. The van der Waals surface area contributed by atoms with E-state index >= 15 is 0 Å². The first-order valence-electron chi connectivity index (χ1n) is 26.3. The largest absolute Gasteiger partial charge is 0.387 e. The maximum Gasteiger partial charge on any atom is 0.209 e. The molecule has 466 valence electrons. The molecule has 17 rings (SSSR count). The molecule has 17 fully saturated rings. The summed E-state index contributed by atoms with van der Waals surface area (Å²) in [5.74, 6) is 0. The Kier molecular flexibility index (Phi) is 24.0. The van der Waals surface area contributed by atoms with Crippen LogP contribution in [0.15, 0.2) is 12.7 Å². The fourth-order valence-electron chi connectivity index (χ4n) is 10.5. The molecule has 17 heterocycles. The van der Waals surface area contributed by atoms with Gasteiger partial charge in [0.1, 0.15) is 146 Å². The Morgan fingerprint density at radius 3 is 0.875 bits per heavy atom. The molecule has 17 aliphatic heterocycles. The first-order valence-corrected chi connectivity index (χ1v) is 26.3. The summed E-state index contributed by atoms with van der Waals surface area (Å²) in [7, 11) is 0. The molecular formula is C45H83N7O28. The van der Waals surface area contributed by atoms with E-state index in [4.69, 9.17) is 111 Å².